The van der Waals surface area contributed by atoms with Crippen LogP contribution in [0, 0.1) is 17.8 Å². The number of benzene rings is 1. The quantitative estimate of drug-likeness (QED) is 0.845. The van der Waals surface area contributed by atoms with Crippen LogP contribution in [-0.4, -0.2) is 32.9 Å². The van der Waals surface area contributed by atoms with Gasteiger partial charge in [-0.3, -0.25) is 0 Å². The number of nitrogens with two attached hydrogens (primary N) is 1. The standard InChI is InChI=1S/C14H20N2O2S/c1-12(2)11-16(3)19(17,18)14-8-4-6-13(10-14)7-5-9-15/h4,6,8,10,12H,9,11,15H2,1-3H3. The van der Waals surface area contributed by atoms with Gasteiger partial charge in [0.2, 0.25) is 10.0 Å². The summed E-state index contributed by atoms with van der Waals surface area (Å²) in [6.45, 7) is 4.70. The Hall–Kier alpha value is -1.35. The van der Waals surface area contributed by atoms with Crippen LogP contribution in [-0.2, 0) is 10.0 Å². The van der Waals surface area contributed by atoms with Crippen molar-refractivity contribution in [3.63, 3.8) is 0 Å². The minimum Gasteiger partial charge on any atom is -0.320 e. The molecular weight excluding hydrogens is 260 g/mol. The van der Waals surface area contributed by atoms with Crippen LogP contribution in [0.15, 0.2) is 29.2 Å². The summed E-state index contributed by atoms with van der Waals surface area (Å²) in [5.74, 6) is 5.83. The largest absolute Gasteiger partial charge is 0.320 e. The van der Waals surface area contributed by atoms with E-state index < -0.39 is 10.0 Å². The average molecular weight is 280 g/mol. The third-order valence-corrected chi connectivity index (χ3v) is 4.32. The van der Waals surface area contributed by atoms with Gasteiger partial charge >= 0.3 is 0 Å². The number of nitrogens with zero attached hydrogens (tertiary/aromatic N) is 1. The monoisotopic (exact) mass is 280 g/mol. The van der Waals surface area contributed by atoms with E-state index in [1.165, 1.54) is 4.31 Å². The van der Waals surface area contributed by atoms with Crippen molar-refractivity contribution in [2.75, 3.05) is 20.1 Å². The molecule has 0 amide bonds. The molecule has 0 fully saturated rings. The highest BCUT2D eigenvalue weighted by atomic mass is 32.2. The molecule has 0 spiro atoms. The van der Waals surface area contributed by atoms with E-state index in [1.807, 2.05) is 13.8 Å². The minimum atomic E-state index is -3.45. The van der Waals surface area contributed by atoms with Crippen LogP contribution in [0.2, 0.25) is 0 Å². The van der Waals surface area contributed by atoms with E-state index >= 15 is 0 Å². The van der Waals surface area contributed by atoms with Crippen molar-refractivity contribution in [2.45, 2.75) is 18.7 Å². The molecule has 1 rings (SSSR count). The second-order valence-corrected chi connectivity index (χ2v) is 6.76. The maximum absolute atomic E-state index is 12.3. The molecule has 2 N–H and O–H groups in total. The number of hydrogen-bond donors (Lipinski definition) is 1. The van der Waals surface area contributed by atoms with Gasteiger partial charge in [-0.05, 0) is 24.1 Å². The van der Waals surface area contributed by atoms with Gasteiger partial charge in [-0.25, -0.2) is 12.7 Å². The van der Waals surface area contributed by atoms with Gasteiger partial charge in [0.25, 0.3) is 0 Å². The van der Waals surface area contributed by atoms with Crippen LogP contribution in [0.3, 0.4) is 0 Å². The zero-order valence-corrected chi connectivity index (χ0v) is 12.4. The fourth-order valence-corrected chi connectivity index (χ4v) is 3.06. The van der Waals surface area contributed by atoms with Crippen LogP contribution in [0.4, 0.5) is 0 Å². The van der Waals surface area contributed by atoms with Crippen molar-refractivity contribution in [1.29, 1.82) is 0 Å². The molecule has 4 nitrogen and oxygen atoms in total. The first-order chi connectivity index (χ1) is 8.87. The molecular formula is C14H20N2O2S. The second-order valence-electron chi connectivity index (χ2n) is 4.71. The van der Waals surface area contributed by atoms with Crippen molar-refractivity contribution in [3.05, 3.63) is 29.8 Å². The summed E-state index contributed by atoms with van der Waals surface area (Å²) < 4.78 is 26.1. The van der Waals surface area contributed by atoms with Gasteiger partial charge in [-0.2, -0.15) is 0 Å². The summed E-state index contributed by atoms with van der Waals surface area (Å²) in [6, 6.07) is 6.62. The van der Waals surface area contributed by atoms with E-state index in [0.29, 0.717) is 12.1 Å². The molecule has 0 radical (unpaired) electrons. The highest BCUT2D eigenvalue weighted by molar-refractivity contribution is 7.89. The third-order valence-electron chi connectivity index (χ3n) is 2.50. The lowest BCUT2D eigenvalue weighted by Gasteiger charge is -2.19. The lowest BCUT2D eigenvalue weighted by Crippen LogP contribution is -2.30. The van der Waals surface area contributed by atoms with E-state index in [1.54, 1.807) is 31.3 Å². The molecule has 0 aliphatic carbocycles. The molecule has 0 bridgehead atoms. The maximum Gasteiger partial charge on any atom is 0.242 e. The van der Waals surface area contributed by atoms with Crippen LogP contribution < -0.4 is 5.73 Å². The number of hydrogen-bond acceptors (Lipinski definition) is 3. The summed E-state index contributed by atoms with van der Waals surface area (Å²) in [4.78, 5) is 0.263. The summed E-state index contributed by atoms with van der Waals surface area (Å²) in [5, 5.41) is 0. The molecule has 0 aromatic heterocycles. The fraction of sp³-hybridized carbons (Fsp3) is 0.429. The Labute approximate surface area is 115 Å². The Morgan fingerprint density at radius 3 is 2.63 bits per heavy atom. The Morgan fingerprint density at radius 2 is 2.05 bits per heavy atom. The molecule has 5 heteroatoms. The first-order valence-electron chi connectivity index (χ1n) is 6.13. The summed E-state index contributed by atoms with van der Waals surface area (Å²) in [5.41, 5.74) is 5.96. The van der Waals surface area contributed by atoms with Gasteiger partial charge in [0.05, 0.1) is 11.4 Å². The molecule has 1 aromatic rings. The molecule has 104 valence electrons. The molecule has 0 saturated carbocycles. The Morgan fingerprint density at radius 1 is 1.37 bits per heavy atom. The molecule has 0 aliphatic rings. The first-order valence-corrected chi connectivity index (χ1v) is 7.57. The zero-order valence-electron chi connectivity index (χ0n) is 11.6. The SMILES string of the molecule is CC(C)CN(C)S(=O)(=O)c1cccc(C#CCN)c1. The topological polar surface area (TPSA) is 63.4 Å². The Balaban J connectivity index is 3.08. The average Bonchev–Trinajstić information content (AvgIpc) is 2.35. The van der Waals surface area contributed by atoms with Gasteiger partial charge in [0, 0.05) is 19.2 Å². The van der Waals surface area contributed by atoms with Gasteiger partial charge in [0.1, 0.15) is 0 Å². The number of rotatable bonds is 4. The van der Waals surface area contributed by atoms with Crippen molar-refractivity contribution >= 4 is 10.0 Å². The Bertz CT molecular complexity index is 583. The minimum absolute atomic E-state index is 0.254. The summed E-state index contributed by atoms with van der Waals surface area (Å²) >= 11 is 0. The highest BCUT2D eigenvalue weighted by Gasteiger charge is 2.21. The normalized spacial score (nSPS) is 11.5. The van der Waals surface area contributed by atoms with Crippen LogP contribution in [0.1, 0.15) is 19.4 Å². The van der Waals surface area contributed by atoms with Crippen LogP contribution in [0.25, 0.3) is 0 Å². The Kier molecular flexibility index (Phi) is 5.55. The molecule has 0 atom stereocenters. The lowest BCUT2D eigenvalue weighted by molar-refractivity contribution is 0.417. The smallest absolute Gasteiger partial charge is 0.242 e. The van der Waals surface area contributed by atoms with Crippen LogP contribution in [0.5, 0.6) is 0 Å². The maximum atomic E-state index is 12.3. The molecule has 0 unspecified atom stereocenters. The van der Waals surface area contributed by atoms with Crippen molar-refractivity contribution in [1.82, 2.24) is 4.31 Å². The predicted molar refractivity (Wildman–Crippen MR) is 77.0 cm³/mol. The van der Waals surface area contributed by atoms with Gasteiger partial charge < -0.3 is 5.73 Å². The predicted octanol–water partition coefficient (Wildman–Crippen LogP) is 1.27. The van der Waals surface area contributed by atoms with Crippen LogP contribution >= 0.6 is 0 Å². The molecule has 0 saturated heterocycles. The molecule has 19 heavy (non-hydrogen) atoms. The van der Waals surface area contributed by atoms with Gasteiger partial charge in [-0.1, -0.05) is 31.8 Å². The van der Waals surface area contributed by atoms with Crippen molar-refractivity contribution in [3.8, 4) is 11.8 Å². The van der Waals surface area contributed by atoms with Crippen molar-refractivity contribution < 1.29 is 8.42 Å². The molecule has 0 heterocycles. The first kappa shape index (κ1) is 15.7. The molecule has 1 aromatic carbocycles. The third kappa shape index (κ3) is 4.35. The van der Waals surface area contributed by atoms with E-state index in [0.717, 1.165) is 0 Å². The number of sulfonamides is 1. The summed E-state index contributed by atoms with van der Waals surface area (Å²) in [6.07, 6.45) is 0. The second kappa shape index (κ2) is 6.71. The zero-order chi connectivity index (χ0) is 14.5. The van der Waals surface area contributed by atoms with E-state index in [-0.39, 0.29) is 17.4 Å². The van der Waals surface area contributed by atoms with Gasteiger partial charge in [0.15, 0.2) is 0 Å². The lowest BCUT2D eigenvalue weighted by atomic mass is 10.2. The van der Waals surface area contributed by atoms with Crippen molar-refractivity contribution in [2.24, 2.45) is 11.7 Å². The van der Waals surface area contributed by atoms with E-state index in [2.05, 4.69) is 11.8 Å². The molecule has 0 aliphatic heterocycles. The summed E-state index contributed by atoms with van der Waals surface area (Å²) in [7, 11) is -1.86. The van der Waals surface area contributed by atoms with E-state index in [4.69, 9.17) is 5.73 Å². The van der Waals surface area contributed by atoms with E-state index in [9.17, 15) is 8.42 Å². The fourth-order valence-electron chi connectivity index (χ4n) is 1.68. The van der Waals surface area contributed by atoms with Gasteiger partial charge in [-0.15, -0.1) is 0 Å². The highest BCUT2D eigenvalue weighted by Crippen LogP contribution is 2.16.